The SMILES string of the molecule is Cc1cc(C)c2nc(-c3cccs3)cc(C(=O)Nc3nc(C)cc(C)n3)c2c1. The van der Waals surface area contributed by atoms with Crippen molar-refractivity contribution in [2.24, 2.45) is 0 Å². The van der Waals surface area contributed by atoms with Gasteiger partial charge in [0.15, 0.2) is 0 Å². The van der Waals surface area contributed by atoms with Gasteiger partial charge in [-0.05, 0) is 62.9 Å². The van der Waals surface area contributed by atoms with Crippen molar-refractivity contribution < 1.29 is 4.79 Å². The topological polar surface area (TPSA) is 67.8 Å². The Balaban J connectivity index is 1.87. The highest BCUT2D eigenvalue weighted by atomic mass is 32.1. The van der Waals surface area contributed by atoms with Gasteiger partial charge in [-0.1, -0.05) is 17.7 Å². The van der Waals surface area contributed by atoms with E-state index >= 15 is 0 Å². The molecule has 5 nitrogen and oxygen atoms in total. The third-order valence-corrected chi connectivity index (χ3v) is 5.37. The smallest absolute Gasteiger partial charge is 0.258 e. The number of aromatic nitrogens is 3. The average molecular weight is 388 g/mol. The van der Waals surface area contributed by atoms with Crippen LogP contribution in [0.2, 0.25) is 0 Å². The van der Waals surface area contributed by atoms with Crippen molar-refractivity contribution in [2.75, 3.05) is 5.32 Å². The predicted molar refractivity (Wildman–Crippen MR) is 114 cm³/mol. The number of carbonyl (C=O) groups excluding carboxylic acids is 1. The molecule has 0 saturated heterocycles. The minimum Gasteiger partial charge on any atom is -0.290 e. The summed E-state index contributed by atoms with van der Waals surface area (Å²) < 4.78 is 0. The fraction of sp³-hybridized carbons (Fsp3) is 0.182. The zero-order valence-electron chi connectivity index (χ0n) is 16.2. The number of hydrogen-bond acceptors (Lipinski definition) is 5. The first-order valence-electron chi connectivity index (χ1n) is 9.00. The Morgan fingerprint density at radius 1 is 0.964 bits per heavy atom. The Labute approximate surface area is 167 Å². The molecule has 0 aliphatic heterocycles. The lowest BCUT2D eigenvalue weighted by Crippen LogP contribution is -2.16. The largest absolute Gasteiger partial charge is 0.290 e. The van der Waals surface area contributed by atoms with Gasteiger partial charge in [0.05, 0.1) is 21.7 Å². The number of aryl methyl sites for hydroxylation is 4. The van der Waals surface area contributed by atoms with Crippen LogP contribution in [0.25, 0.3) is 21.5 Å². The van der Waals surface area contributed by atoms with Crippen LogP contribution < -0.4 is 5.32 Å². The molecule has 0 saturated carbocycles. The van der Waals surface area contributed by atoms with Crippen molar-refractivity contribution in [1.29, 1.82) is 0 Å². The van der Waals surface area contributed by atoms with Gasteiger partial charge in [0.2, 0.25) is 5.95 Å². The van der Waals surface area contributed by atoms with E-state index in [1.54, 1.807) is 11.3 Å². The summed E-state index contributed by atoms with van der Waals surface area (Å²) in [6, 6.07) is 11.8. The molecule has 6 heteroatoms. The summed E-state index contributed by atoms with van der Waals surface area (Å²) in [5, 5.41) is 5.70. The van der Waals surface area contributed by atoms with E-state index in [4.69, 9.17) is 4.98 Å². The van der Waals surface area contributed by atoms with Crippen LogP contribution >= 0.6 is 11.3 Å². The molecule has 1 amide bonds. The number of hydrogen-bond donors (Lipinski definition) is 1. The van der Waals surface area contributed by atoms with Crippen LogP contribution in [0, 0.1) is 27.7 Å². The van der Waals surface area contributed by atoms with Gasteiger partial charge >= 0.3 is 0 Å². The maximum Gasteiger partial charge on any atom is 0.258 e. The molecule has 0 unspecified atom stereocenters. The molecule has 0 radical (unpaired) electrons. The number of nitrogens with one attached hydrogen (secondary N) is 1. The molecule has 3 heterocycles. The minimum absolute atomic E-state index is 0.236. The van der Waals surface area contributed by atoms with Crippen LogP contribution in [0.4, 0.5) is 5.95 Å². The first-order valence-corrected chi connectivity index (χ1v) is 9.88. The summed E-state index contributed by atoms with van der Waals surface area (Å²) in [6.45, 7) is 7.81. The molecule has 1 N–H and O–H groups in total. The molecule has 1 aromatic carbocycles. The third kappa shape index (κ3) is 3.51. The first-order chi connectivity index (χ1) is 13.4. The van der Waals surface area contributed by atoms with E-state index in [-0.39, 0.29) is 5.91 Å². The minimum atomic E-state index is -0.236. The monoisotopic (exact) mass is 388 g/mol. The lowest BCUT2D eigenvalue weighted by atomic mass is 10.0. The second-order valence-corrected chi connectivity index (χ2v) is 7.89. The van der Waals surface area contributed by atoms with Gasteiger partial charge in [-0.3, -0.25) is 10.1 Å². The summed E-state index contributed by atoms with van der Waals surface area (Å²) in [4.78, 5) is 27.7. The molecule has 3 aromatic heterocycles. The molecular formula is C22H20N4OS. The van der Waals surface area contributed by atoms with E-state index in [2.05, 4.69) is 21.4 Å². The van der Waals surface area contributed by atoms with Crippen molar-refractivity contribution in [3.05, 3.63) is 69.9 Å². The van der Waals surface area contributed by atoms with Crippen molar-refractivity contribution in [1.82, 2.24) is 15.0 Å². The summed E-state index contributed by atoms with van der Waals surface area (Å²) in [7, 11) is 0. The highest BCUT2D eigenvalue weighted by Crippen LogP contribution is 2.30. The molecule has 140 valence electrons. The van der Waals surface area contributed by atoms with E-state index in [1.165, 1.54) is 0 Å². The average Bonchev–Trinajstić information content (AvgIpc) is 3.14. The Hall–Kier alpha value is -3.12. The fourth-order valence-electron chi connectivity index (χ4n) is 3.37. The molecule has 0 aliphatic rings. The number of anilines is 1. The molecular weight excluding hydrogens is 368 g/mol. The van der Waals surface area contributed by atoms with E-state index in [0.717, 1.165) is 44.0 Å². The third-order valence-electron chi connectivity index (χ3n) is 4.47. The number of carbonyl (C=O) groups is 1. The Morgan fingerprint density at radius 2 is 1.71 bits per heavy atom. The molecule has 0 fully saturated rings. The lowest BCUT2D eigenvalue weighted by molar-refractivity contribution is 0.102. The van der Waals surface area contributed by atoms with Crippen molar-refractivity contribution in [2.45, 2.75) is 27.7 Å². The summed E-state index contributed by atoms with van der Waals surface area (Å²) in [6.07, 6.45) is 0. The zero-order chi connectivity index (χ0) is 19.8. The van der Waals surface area contributed by atoms with Crippen LogP contribution in [0.15, 0.2) is 41.8 Å². The Kier molecular flexibility index (Phi) is 4.65. The molecule has 0 bridgehead atoms. The van der Waals surface area contributed by atoms with Crippen LogP contribution in [0.1, 0.15) is 32.9 Å². The summed E-state index contributed by atoms with van der Waals surface area (Å²) >= 11 is 1.60. The van der Waals surface area contributed by atoms with Gasteiger partial charge in [0.25, 0.3) is 5.91 Å². The fourth-order valence-corrected chi connectivity index (χ4v) is 4.06. The molecule has 28 heavy (non-hydrogen) atoms. The van der Waals surface area contributed by atoms with Gasteiger partial charge < -0.3 is 0 Å². The standard InChI is InChI=1S/C22H20N4OS/c1-12-8-13(2)20-16(9-12)17(11-18(25-20)19-6-5-7-28-19)21(27)26-22-23-14(3)10-15(4)24-22/h5-11H,1-4H3,(H,23,24,26,27). The number of nitrogens with zero attached hydrogens (tertiary/aromatic N) is 3. The zero-order valence-corrected chi connectivity index (χ0v) is 17.0. The molecule has 0 aliphatic carbocycles. The summed E-state index contributed by atoms with van der Waals surface area (Å²) in [5.74, 6) is 0.0784. The number of pyridine rings is 1. The highest BCUT2D eigenvalue weighted by molar-refractivity contribution is 7.13. The maximum atomic E-state index is 13.2. The maximum absolute atomic E-state index is 13.2. The summed E-state index contributed by atoms with van der Waals surface area (Å²) in [5.41, 5.74) is 5.96. The predicted octanol–water partition coefficient (Wildman–Crippen LogP) is 5.24. The van der Waals surface area contributed by atoms with Crippen LogP contribution in [0.3, 0.4) is 0 Å². The van der Waals surface area contributed by atoms with Gasteiger partial charge in [-0.2, -0.15) is 0 Å². The van der Waals surface area contributed by atoms with Crippen LogP contribution in [-0.4, -0.2) is 20.9 Å². The number of rotatable bonds is 3. The van der Waals surface area contributed by atoms with E-state index < -0.39 is 0 Å². The molecule has 0 spiro atoms. The normalized spacial score (nSPS) is 11.0. The second-order valence-electron chi connectivity index (χ2n) is 6.94. The molecule has 0 atom stereocenters. The second kappa shape index (κ2) is 7.13. The number of benzene rings is 1. The molecule has 4 rings (SSSR count). The first kappa shape index (κ1) is 18.3. The van der Waals surface area contributed by atoms with E-state index in [1.807, 2.05) is 63.4 Å². The van der Waals surface area contributed by atoms with Crippen molar-refractivity contribution in [3.63, 3.8) is 0 Å². The number of amides is 1. The van der Waals surface area contributed by atoms with Gasteiger partial charge in [0.1, 0.15) is 0 Å². The van der Waals surface area contributed by atoms with Gasteiger partial charge in [0, 0.05) is 16.8 Å². The van der Waals surface area contributed by atoms with Crippen LogP contribution in [0.5, 0.6) is 0 Å². The van der Waals surface area contributed by atoms with Gasteiger partial charge in [-0.25, -0.2) is 15.0 Å². The van der Waals surface area contributed by atoms with Crippen molar-refractivity contribution >= 4 is 34.1 Å². The number of thiophene rings is 1. The Bertz CT molecular complexity index is 1180. The van der Waals surface area contributed by atoms with Crippen molar-refractivity contribution in [3.8, 4) is 10.6 Å². The van der Waals surface area contributed by atoms with Crippen LogP contribution in [-0.2, 0) is 0 Å². The molecule has 4 aromatic rings. The number of fused-ring (bicyclic) bond motifs is 1. The van der Waals surface area contributed by atoms with E-state index in [0.29, 0.717) is 11.5 Å². The Morgan fingerprint density at radius 3 is 2.39 bits per heavy atom. The van der Waals surface area contributed by atoms with E-state index in [9.17, 15) is 4.79 Å². The quantitative estimate of drug-likeness (QED) is 0.521. The highest BCUT2D eigenvalue weighted by Gasteiger charge is 2.17. The lowest BCUT2D eigenvalue weighted by Gasteiger charge is -2.12. The van der Waals surface area contributed by atoms with Gasteiger partial charge in [-0.15, -0.1) is 11.3 Å².